The molecule has 0 aromatic heterocycles. The van der Waals surface area contributed by atoms with E-state index in [9.17, 15) is 9.59 Å². The number of rotatable bonds is 6. The van der Waals surface area contributed by atoms with Gasteiger partial charge in [0.05, 0.1) is 36.5 Å². The van der Waals surface area contributed by atoms with Crippen LogP contribution in [0.15, 0.2) is 35.2 Å². The largest absolute Gasteiger partial charge is 0.495 e. The third-order valence-electron chi connectivity index (χ3n) is 4.47. The molecule has 0 aliphatic carbocycles. The highest BCUT2D eigenvalue weighted by Gasteiger charge is 2.35. The summed E-state index contributed by atoms with van der Waals surface area (Å²) in [6, 6.07) is 8.56. The van der Waals surface area contributed by atoms with Crippen LogP contribution < -0.4 is 24.3 Å². The molecule has 30 heavy (non-hydrogen) atoms. The molecule has 0 saturated carbocycles. The van der Waals surface area contributed by atoms with Gasteiger partial charge in [0.15, 0.2) is 11.5 Å². The van der Waals surface area contributed by atoms with Gasteiger partial charge < -0.3 is 24.3 Å². The van der Waals surface area contributed by atoms with Crippen LogP contribution in [0.25, 0.3) is 6.08 Å². The Hall–Kier alpha value is -3.04. The SMILES string of the molecule is COc1cc(OC)c(NCN2C(=O)S/C(=C\c3ccc4c(c3)OCO4)C2=O)cc1Cl. The van der Waals surface area contributed by atoms with Crippen LogP contribution in [0.3, 0.4) is 0 Å². The molecule has 10 heteroatoms. The van der Waals surface area contributed by atoms with Crippen LogP contribution in [0.1, 0.15) is 5.56 Å². The summed E-state index contributed by atoms with van der Waals surface area (Å²) in [6.45, 7) is 0.127. The smallest absolute Gasteiger partial charge is 0.295 e. The number of nitrogens with one attached hydrogen (secondary N) is 1. The van der Waals surface area contributed by atoms with E-state index >= 15 is 0 Å². The van der Waals surface area contributed by atoms with E-state index < -0.39 is 5.91 Å². The molecule has 8 nitrogen and oxygen atoms in total. The highest BCUT2D eigenvalue weighted by atomic mass is 35.5. The first-order valence-corrected chi connectivity index (χ1v) is 10.00. The second-order valence-corrected chi connectivity index (χ2v) is 7.64. The van der Waals surface area contributed by atoms with Crippen molar-refractivity contribution >= 4 is 46.3 Å². The number of carbonyl (C=O) groups excluding carboxylic acids is 2. The van der Waals surface area contributed by atoms with Gasteiger partial charge in [0.1, 0.15) is 11.5 Å². The third kappa shape index (κ3) is 3.86. The van der Waals surface area contributed by atoms with Crippen LogP contribution in [-0.2, 0) is 4.79 Å². The van der Waals surface area contributed by atoms with Crippen LogP contribution in [0.2, 0.25) is 5.02 Å². The Kier molecular flexibility index (Phi) is 5.65. The number of amides is 2. The maximum absolute atomic E-state index is 12.7. The number of nitrogens with zero attached hydrogens (tertiary/aromatic N) is 1. The summed E-state index contributed by atoms with van der Waals surface area (Å²) in [4.78, 5) is 26.6. The number of methoxy groups -OCH3 is 2. The second kappa shape index (κ2) is 8.37. The first-order valence-electron chi connectivity index (χ1n) is 8.80. The van der Waals surface area contributed by atoms with Crippen molar-refractivity contribution in [2.45, 2.75) is 0 Å². The Morgan fingerprint density at radius 1 is 1.13 bits per heavy atom. The predicted octanol–water partition coefficient (Wildman–Crippen LogP) is 4.19. The lowest BCUT2D eigenvalue weighted by Gasteiger charge is -2.17. The van der Waals surface area contributed by atoms with Crippen LogP contribution in [0.4, 0.5) is 10.5 Å². The molecule has 1 N–H and O–H groups in total. The molecule has 0 spiro atoms. The van der Waals surface area contributed by atoms with Gasteiger partial charge in [-0.2, -0.15) is 0 Å². The Bertz CT molecular complexity index is 1060. The molecule has 1 saturated heterocycles. The van der Waals surface area contributed by atoms with Gasteiger partial charge in [0, 0.05) is 6.07 Å². The minimum atomic E-state index is -0.395. The maximum atomic E-state index is 12.7. The lowest BCUT2D eigenvalue weighted by molar-refractivity contribution is -0.122. The zero-order valence-electron chi connectivity index (χ0n) is 16.1. The molecule has 0 atom stereocenters. The highest BCUT2D eigenvalue weighted by molar-refractivity contribution is 8.18. The number of imide groups is 1. The number of hydrogen-bond acceptors (Lipinski definition) is 8. The van der Waals surface area contributed by atoms with Gasteiger partial charge in [-0.25, -0.2) is 0 Å². The number of carbonyl (C=O) groups is 2. The van der Waals surface area contributed by atoms with Crippen molar-refractivity contribution < 1.29 is 28.5 Å². The topological polar surface area (TPSA) is 86.3 Å². The summed E-state index contributed by atoms with van der Waals surface area (Å²) in [5.74, 6) is 1.79. The number of ether oxygens (including phenoxy) is 4. The number of benzene rings is 2. The van der Waals surface area contributed by atoms with Crippen molar-refractivity contribution in [2.75, 3.05) is 33.0 Å². The normalized spacial score (nSPS) is 16.4. The standard InChI is InChI=1S/C20H17ClN2O6S/c1-26-15-8-16(27-2)13(7-12(15)21)22-9-23-19(24)18(30-20(23)25)6-11-3-4-14-17(5-11)29-10-28-14/h3-8,22H,9-10H2,1-2H3/b18-6-. The summed E-state index contributed by atoms with van der Waals surface area (Å²) in [5, 5.41) is 3.02. The summed E-state index contributed by atoms with van der Waals surface area (Å²) in [5.41, 5.74) is 1.27. The fourth-order valence-corrected chi connectivity index (χ4v) is 4.03. The van der Waals surface area contributed by atoms with Crippen LogP contribution >= 0.6 is 23.4 Å². The van der Waals surface area contributed by atoms with Crippen LogP contribution in [-0.4, -0.2) is 43.7 Å². The molecular formula is C20H17ClN2O6S. The molecule has 0 radical (unpaired) electrons. The molecule has 0 unspecified atom stereocenters. The predicted molar refractivity (Wildman–Crippen MR) is 113 cm³/mol. The first kappa shape index (κ1) is 20.2. The minimum absolute atomic E-state index is 0.0395. The summed E-state index contributed by atoms with van der Waals surface area (Å²) < 4.78 is 21.1. The second-order valence-electron chi connectivity index (χ2n) is 6.24. The first-order chi connectivity index (χ1) is 14.5. The number of anilines is 1. The van der Waals surface area contributed by atoms with Gasteiger partial charge >= 0.3 is 0 Å². The van der Waals surface area contributed by atoms with Crippen molar-refractivity contribution in [3.05, 3.63) is 45.8 Å². The van der Waals surface area contributed by atoms with E-state index in [0.29, 0.717) is 38.6 Å². The van der Waals surface area contributed by atoms with Crippen molar-refractivity contribution in [1.29, 1.82) is 0 Å². The van der Waals surface area contributed by atoms with Crippen LogP contribution in [0.5, 0.6) is 23.0 Å². The summed E-state index contributed by atoms with van der Waals surface area (Å²) in [6.07, 6.45) is 1.65. The Balaban J connectivity index is 1.49. The molecule has 2 heterocycles. The fourth-order valence-electron chi connectivity index (χ4n) is 2.95. The fraction of sp³-hybridized carbons (Fsp3) is 0.200. The average Bonchev–Trinajstić information content (AvgIpc) is 3.30. The van der Waals surface area contributed by atoms with Gasteiger partial charge in [-0.1, -0.05) is 17.7 Å². The Morgan fingerprint density at radius 2 is 1.90 bits per heavy atom. The molecule has 2 aliphatic heterocycles. The van der Waals surface area contributed by atoms with Crippen molar-refractivity contribution in [3.8, 4) is 23.0 Å². The van der Waals surface area contributed by atoms with Gasteiger partial charge in [0.25, 0.3) is 11.1 Å². The summed E-state index contributed by atoms with van der Waals surface area (Å²) >= 11 is 7.04. The minimum Gasteiger partial charge on any atom is -0.495 e. The molecule has 2 aliphatic rings. The zero-order valence-corrected chi connectivity index (χ0v) is 17.6. The number of thioether (sulfide) groups is 1. The van der Waals surface area contributed by atoms with E-state index in [1.165, 1.54) is 14.2 Å². The zero-order chi connectivity index (χ0) is 21.3. The molecule has 156 valence electrons. The number of halogens is 1. The van der Waals surface area contributed by atoms with E-state index in [1.54, 1.807) is 36.4 Å². The molecule has 2 aromatic rings. The lowest BCUT2D eigenvalue weighted by atomic mass is 10.2. The monoisotopic (exact) mass is 448 g/mol. The maximum Gasteiger partial charge on any atom is 0.295 e. The molecule has 0 bridgehead atoms. The van der Waals surface area contributed by atoms with E-state index in [2.05, 4.69) is 5.32 Å². The van der Waals surface area contributed by atoms with E-state index in [-0.39, 0.29) is 18.7 Å². The lowest BCUT2D eigenvalue weighted by Crippen LogP contribution is -2.33. The Morgan fingerprint density at radius 3 is 2.67 bits per heavy atom. The third-order valence-corrected chi connectivity index (χ3v) is 5.67. The van der Waals surface area contributed by atoms with Gasteiger partial charge in [-0.3, -0.25) is 14.5 Å². The van der Waals surface area contributed by atoms with E-state index in [4.69, 9.17) is 30.5 Å². The van der Waals surface area contributed by atoms with Crippen molar-refractivity contribution in [3.63, 3.8) is 0 Å². The van der Waals surface area contributed by atoms with Gasteiger partial charge in [0.2, 0.25) is 6.79 Å². The average molecular weight is 449 g/mol. The highest BCUT2D eigenvalue weighted by Crippen LogP contribution is 2.38. The number of fused-ring (bicyclic) bond motifs is 1. The molecule has 2 amide bonds. The van der Waals surface area contributed by atoms with Gasteiger partial charge in [-0.05, 0) is 41.6 Å². The Labute approximate surface area is 181 Å². The summed E-state index contributed by atoms with van der Waals surface area (Å²) in [7, 11) is 3.00. The molecule has 2 aromatic carbocycles. The quantitative estimate of drug-likeness (QED) is 0.658. The van der Waals surface area contributed by atoms with Gasteiger partial charge in [-0.15, -0.1) is 0 Å². The number of hydrogen-bond donors (Lipinski definition) is 1. The van der Waals surface area contributed by atoms with Crippen molar-refractivity contribution in [1.82, 2.24) is 4.90 Å². The van der Waals surface area contributed by atoms with E-state index in [0.717, 1.165) is 22.2 Å². The van der Waals surface area contributed by atoms with Crippen LogP contribution in [0, 0.1) is 0 Å². The molecular weight excluding hydrogens is 432 g/mol. The van der Waals surface area contributed by atoms with Crippen molar-refractivity contribution in [2.24, 2.45) is 0 Å². The molecule has 4 rings (SSSR count). The van der Waals surface area contributed by atoms with E-state index in [1.807, 2.05) is 0 Å². The molecule has 1 fully saturated rings.